The maximum absolute atomic E-state index is 11.0. The van der Waals surface area contributed by atoms with Crippen LogP contribution in [0.3, 0.4) is 0 Å². The number of ether oxygens (including phenoxy) is 1. The third-order valence-corrected chi connectivity index (χ3v) is 2.33. The number of rotatable bonds is 3. The molecule has 15 heavy (non-hydrogen) atoms. The van der Waals surface area contributed by atoms with Crippen LogP contribution in [0.15, 0.2) is 29.3 Å². The molecule has 1 aromatic rings. The molecule has 0 atom stereocenters. The second kappa shape index (κ2) is 5.56. The molecule has 3 heteroatoms. The summed E-state index contributed by atoms with van der Waals surface area (Å²) in [5.74, 6) is -0.517. The summed E-state index contributed by atoms with van der Waals surface area (Å²) in [6.45, 7) is 2.09. The number of benzene rings is 1. The molecular formula is C12H13ClO2. The van der Waals surface area contributed by atoms with Crippen LogP contribution < -0.4 is 0 Å². The number of hydrogen-bond acceptors (Lipinski definition) is 2. The van der Waals surface area contributed by atoms with E-state index in [1.165, 1.54) is 12.7 Å². The van der Waals surface area contributed by atoms with Crippen molar-refractivity contribution in [2.24, 2.45) is 0 Å². The standard InChI is InChI=1S/C12H13ClO2/c1-3-9-4-6-10(7-5-9)8-11(13)12(14)15-2/h4-8H,3H2,1-2H3/b11-8-. The minimum atomic E-state index is -0.517. The van der Waals surface area contributed by atoms with Crippen LogP contribution in [0.25, 0.3) is 6.08 Å². The predicted octanol–water partition coefficient (Wildman–Crippen LogP) is 3.00. The van der Waals surface area contributed by atoms with Crippen molar-refractivity contribution in [1.82, 2.24) is 0 Å². The van der Waals surface area contributed by atoms with Crippen molar-refractivity contribution in [3.8, 4) is 0 Å². The maximum atomic E-state index is 11.0. The molecule has 0 aromatic heterocycles. The fourth-order valence-electron chi connectivity index (χ4n) is 1.15. The highest BCUT2D eigenvalue weighted by Crippen LogP contribution is 2.12. The van der Waals surface area contributed by atoms with Crippen LogP contribution in [0.5, 0.6) is 0 Å². The van der Waals surface area contributed by atoms with Crippen molar-refractivity contribution in [3.63, 3.8) is 0 Å². The maximum Gasteiger partial charge on any atom is 0.349 e. The molecule has 0 saturated carbocycles. The Morgan fingerprint density at radius 2 is 2.00 bits per heavy atom. The number of carbonyl (C=O) groups is 1. The van der Waals surface area contributed by atoms with Crippen molar-refractivity contribution < 1.29 is 9.53 Å². The molecule has 0 amide bonds. The lowest BCUT2D eigenvalue weighted by molar-refractivity contribution is -0.135. The molecule has 2 nitrogen and oxygen atoms in total. The minimum Gasteiger partial charge on any atom is -0.465 e. The van der Waals surface area contributed by atoms with Crippen LogP contribution >= 0.6 is 11.6 Å². The summed E-state index contributed by atoms with van der Waals surface area (Å²) >= 11 is 5.73. The Labute approximate surface area is 94.5 Å². The molecule has 0 unspecified atom stereocenters. The highest BCUT2D eigenvalue weighted by Gasteiger charge is 2.05. The van der Waals surface area contributed by atoms with Gasteiger partial charge in [-0.25, -0.2) is 4.79 Å². The van der Waals surface area contributed by atoms with E-state index >= 15 is 0 Å². The lowest BCUT2D eigenvalue weighted by Crippen LogP contribution is -1.99. The van der Waals surface area contributed by atoms with Crippen molar-refractivity contribution in [1.29, 1.82) is 0 Å². The van der Waals surface area contributed by atoms with Crippen molar-refractivity contribution in [2.75, 3.05) is 7.11 Å². The molecule has 1 aromatic carbocycles. The van der Waals surface area contributed by atoms with E-state index in [1.807, 2.05) is 24.3 Å². The Hall–Kier alpha value is -1.28. The molecule has 0 saturated heterocycles. The number of methoxy groups -OCH3 is 1. The third-order valence-electron chi connectivity index (χ3n) is 2.06. The number of aryl methyl sites for hydroxylation is 1. The largest absolute Gasteiger partial charge is 0.465 e. The minimum absolute atomic E-state index is 0.0850. The normalized spacial score (nSPS) is 11.3. The van der Waals surface area contributed by atoms with Gasteiger partial charge in [-0.2, -0.15) is 0 Å². The van der Waals surface area contributed by atoms with E-state index in [-0.39, 0.29) is 5.03 Å². The third kappa shape index (κ3) is 3.40. The first-order valence-corrected chi connectivity index (χ1v) is 5.09. The lowest BCUT2D eigenvalue weighted by Gasteiger charge is -1.99. The van der Waals surface area contributed by atoms with Crippen molar-refractivity contribution in [3.05, 3.63) is 40.4 Å². The summed E-state index contributed by atoms with van der Waals surface area (Å²) in [7, 11) is 1.30. The van der Waals surface area contributed by atoms with E-state index in [2.05, 4.69) is 11.7 Å². The van der Waals surface area contributed by atoms with Crippen LogP contribution in [0.1, 0.15) is 18.1 Å². The first kappa shape index (κ1) is 11.8. The van der Waals surface area contributed by atoms with Crippen LogP contribution in [-0.2, 0) is 16.0 Å². The second-order valence-electron chi connectivity index (χ2n) is 3.08. The zero-order valence-corrected chi connectivity index (χ0v) is 9.54. The first-order valence-electron chi connectivity index (χ1n) is 4.71. The van der Waals surface area contributed by atoms with Gasteiger partial charge in [-0.05, 0) is 23.6 Å². The van der Waals surface area contributed by atoms with Gasteiger partial charge in [0.25, 0.3) is 0 Å². The van der Waals surface area contributed by atoms with Gasteiger partial charge in [-0.15, -0.1) is 0 Å². The van der Waals surface area contributed by atoms with Gasteiger partial charge in [0, 0.05) is 0 Å². The number of hydrogen-bond donors (Lipinski definition) is 0. The Kier molecular flexibility index (Phi) is 4.37. The van der Waals surface area contributed by atoms with E-state index < -0.39 is 5.97 Å². The molecule has 0 radical (unpaired) electrons. The molecule has 80 valence electrons. The molecule has 0 heterocycles. The molecule has 0 N–H and O–H groups in total. The Morgan fingerprint density at radius 1 is 1.40 bits per heavy atom. The lowest BCUT2D eigenvalue weighted by atomic mass is 10.1. The molecule has 1 rings (SSSR count). The van der Waals surface area contributed by atoms with E-state index in [0.29, 0.717) is 0 Å². The van der Waals surface area contributed by atoms with Crippen molar-refractivity contribution in [2.45, 2.75) is 13.3 Å². The van der Waals surface area contributed by atoms with E-state index in [0.717, 1.165) is 12.0 Å². The zero-order valence-electron chi connectivity index (χ0n) is 8.79. The number of esters is 1. The fraction of sp³-hybridized carbons (Fsp3) is 0.250. The first-order chi connectivity index (χ1) is 7.17. The topological polar surface area (TPSA) is 26.3 Å². The predicted molar refractivity (Wildman–Crippen MR) is 61.7 cm³/mol. The highest BCUT2D eigenvalue weighted by atomic mass is 35.5. The molecule has 0 aliphatic rings. The van der Waals surface area contributed by atoms with Crippen LogP contribution in [0, 0.1) is 0 Å². The highest BCUT2D eigenvalue weighted by molar-refractivity contribution is 6.43. The van der Waals surface area contributed by atoms with E-state index in [1.54, 1.807) is 6.08 Å². The smallest absolute Gasteiger partial charge is 0.349 e. The molecule has 0 aliphatic heterocycles. The van der Waals surface area contributed by atoms with Crippen molar-refractivity contribution >= 4 is 23.6 Å². The fourth-order valence-corrected chi connectivity index (χ4v) is 1.36. The van der Waals surface area contributed by atoms with Gasteiger partial charge in [-0.3, -0.25) is 0 Å². The summed E-state index contributed by atoms with van der Waals surface area (Å²) < 4.78 is 4.49. The molecular weight excluding hydrogens is 212 g/mol. The zero-order chi connectivity index (χ0) is 11.3. The van der Waals surface area contributed by atoms with Gasteiger partial charge in [0.1, 0.15) is 5.03 Å². The summed E-state index contributed by atoms with van der Waals surface area (Å²) in [5, 5.41) is 0.0850. The molecule has 0 fully saturated rings. The average Bonchev–Trinajstić information content (AvgIpc) is 2.29. The molecule has 0 bridgehead atoms. The molecule has 0 spiro atoms. The van der Waals surface area contributed by atoms with Gasteiger partial charge < -0.3 is 4.74 Å². The van der Waals surface area contributed by atoms with Crippen LogP contribution in [0.2, 0.25) is 0 Å². The quantitative estimate of drug-likeness (QED) is 0.583. The van der Waals surface area contributed by atoms with Crippen LogP contribution in [0.4, 0.5) is 0 Å². The Bertz CT molecular complexity index is 366. The summed E-state index contributed by atoms with van der Waals surface area (Å²) in [5.41, 5.74) is 2.14. The SMILES string of the molecule is CCc1ccc(/C=C(\Cl)C(=O)OC)cc1. The monoisotopic (exact) mass is 224 g/mol. The van der Waals surface area contributed by atoms with Gasteiger partial charge >= 0.3 is 5.97 Å². The Balaban J connectivity index is 2.84. The number of carbonyl (C=O) groups excluding carboxylic acids is 1. The number of halogens is 1. The van der Waals surface area contributed by atoms with Gasteiger partial charge in [-0.1, -0.05) is 42.8 Å². The average molecular weight is 225 g/mol. The van der Waals surface area contributed by atoms with Crippen LogP contribution in [-0.4, -0.2) is 13.1 Å². The molecule has 0 aliphatic carbocycles. The van der Waals surface area contributed by atoms with Gasteiger partial charge in [0.15, 0.2) is 0 Å². The Morgan fingerprint density at radius 3 is 2.47 bits per heavy atom. The summed E-state index contributed by atoms with van der Waals surface area (Å²) in [6, 6.07) is 7.86. The van der Waals surface area contributed by atoms with Gasteiger partial charge in [0.05, 0.1) is 7.11 Å². The van der Waals surface area contributed by atoms with E-state index in [9.17, 15) is 4.79 Å². The summed E-state index contributed by atoms with van der Waals surface area (Å²) in [6.07, 6.45) is 2.58. The van der Waals surface area contributed by atoms with E-state index in [4.69, 9.17) is 11.6 Å². The second-order valence-corrected chi connectivity index (χ2v) is 3.49. The van der Waals surface area contributed by atoms with Gasteiger partial charge in [0.2, 0.25) is 0 Å². The summed E-state index contributed by atoms with van der Waals surface area (Å²) in [4.78, 5) is 11.0.